The van der Waals surface area contributed by atoms with Gasteiger partial charge in [-0.3, -0.25) is 9.59 Å². The van der Waals surface area contributed by atoms with E-state index in [4.69, 9.17) is 9.84 Å². The van der Waals surface area contributed by atoms with Crippen molar-refractivity contribution in [3.63, 3.8) is 0 Å². The van der Waals surface area contributed by atoms with Crippen molar-refractivity contribution in [1.29, 1.82) is 0 Å². The van der Waals surface area contributed by atoms with Gasteiger partial charge >= 0.3 is 5.97 Å². The zero-order valence-corrected chi connectivity index (χ0v) is 15.9. The normalized spacial score (nSPS) is 17.3. The van der Waals surface area contributed by atoms with E-state index >= 15 is 0 Å². The van der Waals surface area contributed by atoms with Gasteiger partial charge in [0.25, 0.3) is 5.91 Å². The third kappa shape index (κ3) is 3.94. The Hall–Kier alpha value is -2.25. The molecule has 1 aromatic carbocycles. The number of hydrogen-bond donors (Lipinski definition) is 1. The molecule has 1 aromatic heterocycles. The number of aryl methyl sites for hydroxylation is 3. The van der Waals surface area contributed by atoms with E-state index in [0.29, 0.717) is 30.3 Å². The van der Waals surface area contributed by atoms with E-state index in [1.807, 2.05) is 32.9 Å². The monoisotopic (exact) mass is 374 g/mol. The molecule has 0 aliphatic carbocycles. The lowest BCUT2D eigenvalue weighted by Gasteiger charge is -2.32. The number of carbonyl (C=O) groups is 2. The summed E-state index contributed by atoms with van der Waals surface area (Å²) in [5, 5.41) is 9.77. The molecule has 1 amide bonds. The third-order valence-corrected chi connectivity index (χ3v) is 5.61. The van der Waals surface area contributed by atoms with Crippen LogP contribution in [0.2, 0.25) is 0 Å². The highest BCUT2D eigenvalue weighted by molar-refractivity contribution is 7.17. The largest absolute Gasteiger partial charge is 0.481 e. The number of morpholine rings is 1. The van der Waals surface area contributed by atoms with Gasteiger partial charge in [0.2, 0.25) is 0 Å². The van der Waals surface area contributed by atoms with Crippen molar-refractivity contribution < 1.29 is 19.4 Å². The molecule has 0 saturated carbocycles. The number of benzene rings is 1. The molecule has 6 nitrogen and oxygen atoms in total. The molecule has 1 fully saturated rings. The molecule has 0 bridgehead atoms. The average Bonchev–Trinajstić information content (AvgIpc) is 2.95. The summed E-state index contributed by atoms with van der Waals surface area (Å²) in [6.07, 6.45) is -0.559. The van der Waals surface area contributed by atoms with Crippen molar-refractivity contribution in [2.75, 3.05) is 19.7 Å². The molecule has 1 N–H and O–H groups in total. The second kappa shape index (κ2) is 7.55. The van der Waals surface area contributed by atoms with Crippen LogP contribution in [-0.4, -0.2) is 52.7 Å². The maximum absolute atomic E-state index is 12.9. The molecule has 0 spiro atoms. The summed E-state index contributed by atoms with van der Waals surface area (Å²) >= 11 is 1.39. The number of thiazole rings is 1. The molecule has 26 heavy (non-hydrogen) atoms. The predicted molar refractivity (Wildman–Crippen MR) is 99.7 cm³/mol. The first kappa shape index (κ1) is 18.5. The van der Waals surface area contributed by atoms with Crippen LogP contribution >= 0.6 is 11.3 Å². The summed E-state index contributed by atoms with van der Waals surface area (Å²) in [5.74, 6) is -1.02. The standard InChI is InChI=1S/C19H22N2O4S/c1-11-4-5-15(12(2)8-11)18-20-13(3)17(26-18)19(24)21-6-7-25-14(10-21)9-16(22)23/h4-5,8,14H,6-7,9-10H2,1-3H3,(H,22,23). The fourth-order valence-electron chi connectivity index (χ4n) is 3.13. The van der Waals surface area contributed by atoms with Gasteiger partial charge in [-0.1, -0.05) is 23.8 Å². The number of ether oxygens (including phenoxy) is 1. The van der Waals surface area contributed by atoms with E-state index in [1.54, 1.807) is 4.90 Å². The SMILES string of the molecule is Cc1ccc(-c2nc(C)c(C(=O)N3CCOC(CC(=O)O)C3)s2)c(C)c1. The van der Waals surface area contributed by atoms with E-state index in [2.05, 4.69) is 11.1 Å². The molecule has 7 heteroatoms. The van der Waals surface area contributed by atoms with Crippen molar-refractivity contribution >= 4 is 23.2 Å². The van der Waals surface area contributed by atoms with Gasteiger partial charge < -0.3 is 14.7 Å². The lowest BCUT2D eigenvalue weighted by molar-refractivity contribution is -0.141. The van der Waals surface area contributed by atoms with E-state index in [9.17, 15) is 9.59 Å². The number of amides is 1. The van der Waals surface area contributed by atoms with Crippen molar-refractivity contribution in [2.24, 2.45) is 0 Å². The number of carboxylic acid groups (broad SMARTS) is 1. The average molecular weight is 374 g/mol. The number of carbonyl (C=O) groups excluding carboxylic acids is 1. The minimum Gasteiger partial charge on any atom is -0.481 e. The maximum atomic E-state index is 12.9. The first-order valence-electron chi connectivity index (χ1n) is 8.53. The lowest BCUT2D eigenvalue weighted by Crippen LogP contribution is -2.46. The first-order valence-corrected chi connectivity index (χ1v) is 9.34. The zero-order valence-electron chi connectivity index (χ0n) is 15.1. The summed E-state index contributed by atoms with van der Waals surface area (Å²) < 4.78 is 5.45. The molecule has 1 atom stereocenters. The van der Waals surface area contributed by atoms with Gasteiger partial charge in [0.15, 0.2) is 0 Å². The molecule has 0 radical (unpaired) electrons. The fourth-order valence-corrected chi connectivity index (χ4v) is 4.25. The van der Waals surface area contributed by atoms with Gasteiger partial charge in [0.05, 0.1) is 24.8 Å². The van der Waals surface area contributed by atoms with Gasteiger partial charge in [0.1, 0.15) is 9.88 Å². The van der Waals surface area contributed by atoms with Crippen LogP contribution in [0, 0.1) is 20.8 Å². The molecule has 1 aliphatic heterocycles. The van der Waals surface area contributed by atoms with Crippen molar-refractivity contribution in [3.05, 3.63) is 39.9 Å². The van der Waals surface area contributed by atoms with Gasteiger partial charge in [0, 0.05) is 18.7 Å². The predicted octanol–water partition coefficient (Wildman–Crippen LogP) is 3.05. The number of aliphatic carboxylic acids is 1. The van der Waals surface area contributed by atoms with E-state index in [1.165, 1.54) is 16.9 Å². The highest BCUT2D eigenvalue weighted by atomic mass is 32.1. The molecular formula is C19H22N2O4S. The van der Waals surface area contributed by atoms with E-state index in [0.717, 1.165) is 16.1 Å². The minimum atomic E-state index is -0.921. The Bertz CT molecular complexity index is 846. The topological polar surface area (TPSA) is 79.7 Å². The second-order valence-electron chi connectivity index (χ2n) is 6.59. The summed E-state index contributed by atoms with van der Waals surface area (Å²) in [6, 6.07) is 6.18. The van der Waals surface area contributed by atoms with E-state index < -0.39 is 12.1 Å². The fraction of sp³-hybridized carbons (Fsp3) is 0.421. The van der Waals surface area contributed by atoms with Crippen LogP contribution in [0.25, 0.3) is 10.6 Å². The van der Waals surface area contributed by atoms with Gasteiger partial charge in [-0.05, 0) is 26.3 Å². The Morgan fingerprint density at radius 2 is 2.12 bits per heavy atom. The van der Waals surface area contributed by atoms with Crippen molar-refractivity contribution in [3.8, 4) is 10.6 Å². The summed E-state index contributed by atoms with van der Waals surface area (Å²) in [7, 11) is 0. The number of rotatable bonds is 4. The highest BCUT2D eigenvalue weighted by Gasteiger charge is 2.29. The Morgan fingerprint density at radius 1 is 1.35 bits per heavy atom. The van der Waals surface area contributed by atoms with Crippen LogP contribution in [0.1, 0.15) is 32.9 Å². The Morgan fingerprint density at radius 3 is 2.81 bits per heavy atom. The second-order valence-corrected chi connectivity index (χ2v) is 7.59. The van der Waals surface area contributed by atoms with Gasteiger partial charge in [-0.25, -0.2) is 4.98 Å². The summed E-state index contributed by atoms with van der Waals surface area (Å²) in [5.41, 5.74) is 4.06. The van der Waals surface area contributed by atoms with Crippen LogP contribution < -0.4 is 0 Å². The van der Waals surface area contributed by atoms with Crippen molar-refractivity contribution in [1.82, 2.24) is 9.88 Å². The van der Waals surface area contributed by atoms with Crippen LogP contribution in [0.15, 0.2) is 18.2 Å². The van der Waals surface area contributed by atoms with Crippen LogP contribution in [-0.2, 0) is 9.53 Å². The molecule has 1 aliphatic rings. The zero-order chi connectivity index (χ0) is 18.8. The molecule has 3 rings (SSSR count). The van der Waals surface area contributed by atoms with Crippen LogP contribution in [0.4, 0.5) is 0 Å². The molecule has 2 aromatic rings. The molecular weight excluding hydrogens is 352 g/mol. The summed E-state index contributed by atoms with van der Waals surface area (Å²) in [6.45, 7) is 7.04. The van der Waals surface area contributed by atoms with Crippen LogP contribution in [0.3, 0.4) is 0 Å². The van der Waals surface area contributed by atoms with Crippen LogP contribution in [0.5, 0.6) is 0 Å². The Balaban J connectivity index is 1.82. The third-order valence-electron chi connectivity index (χ3n) is 4.43. The lowest BCUT2D eigenvalue weighted by atomic mass is 10.1. The number of carboxylic acids is 1. The molecule has 1 saturated heterocycles. The van der Waals surface area contributed by atoms with Crippen molar-refractivity contribution in [2.45, 2.75) is 33.3 Å². The number of hydrogen-bond acceptors (Lipinski definition) is 5. The molecule has 1 unspecified atom stereocenters. The quantitative estimate of drug-likeness (QED) is 0.890. The highest BCUT2D eigenvalue weighted by Crippen LogP contribution is 2.31. The first-order chi connectivity index (χ1) is 12.3. The molecule has 2 heterocycles. The smallest absolute Gasteiger partial charge is 0.306 e. The molecule has 138 valence electrons. The van der Waals surface area contributed by atoms with E-state index in [-0.39, 0.29) is 12.3 Å². The Kier molecular flexibility index (Phi) is 5.38. The van der Waals surface area contributed by atoms with Gasteiger partial charge in [-0.2, -0.15) is 0 Å². The summed E-state index contributed by atoms with van der Waals surface area (Å²) in [4.78, 5) is 30.7. The maximum Gasteiger partial charge on any atom is 0.306 e. The number of aromatic nitrogens is 1. The number of nitrogens with zero attached hydrogens (tertiary/aromatic N) is 2. The minimum absolute atomic E-state index is 0.0980. The Labute approximate surface area is 156 Å². The van der Waals surface area contributed by atoms with Gasteiger partial charge in [-0.15, -0.1) is 11.3 Å².